The maximum atomic E-state index is 12.3. The summed E-state index contributed by atoms with van der Waals surface area (Å²) in [5.41, 5.74) is 0.954. The van der Waals surface area contributed by atoms with Gasteiger partial charge in [0.25, 0.3) is 10.0 Å². The molecule has 0 atom stereocenters. The molecule has 0 amide bonds. The summed E-state index contributed by atoms with van der Waals surface area (Å²) in [7, 11) is -0.706. The number of aryl methyl sites for hydroxylation is 2. The standard InChI is InChI=1S/C9H14N6O3S/c1-5-7(6(2)15(3)13-5)19(16,17)14-8-10-9(18-4)12-11-8/h1-4H3,(H2,10,11,12,14). The van der Waals surface area contributed by atoms with Gasteiger partial charge in [0.15, 0.2) is 0 Å². The fourth-order valence-corrected chi connectivity index (χ4v) is 3.10. The average molecular weight is 286 g/mol. The van der Waals surface area contributed by atoms with Gasteiger partial charge in [-0.3, -0.25) is 4.68 Å². The second-order valence-corrected chi connectivity index (χ2v) is 5.52. The Kier molecular flexibility index (Phi) is 3.18. The zero-order valence-electron chi connectivity index (χ0n) is 10.9. The Balaban J connectivity index is 2.37. The van der Waals surface area contributed by atoms with Crippen molar-refractivity contribution >= 4 is 16.0 Å². The number of hydrogen-bond acceptors (Lipinski definition) is 6. The van der Waals surface area contributed by atoms with Crippen LogP contribution in [-0.2, 0) is 17.1 Å². The Morgan fingerprint density at radius 1 is 1.37 bits per heavy atom. The Bertz CT molecular complexity index is 702. The van der Waals surface area contributed by atoms with E-state index in [0.717, 1.165) is 0 Å². The lowest BCUT2D eigenvalue weighted by Gasteiger charge is -2.04. The molecule has 19 heavy (non-hydrogen) atoms. The molecule has 0 radical (unpaired) electrons. The Morgan fingerprint density at radius 3 is 2.53 bits per heavy atom. The van der Waals surface area contributed by atoms with Crippen molar-refractivity contribution in [2.45, 2.75) is 18.7 Å². The van der Waals surface area contributed by atoms with E-state index < -0.39 is 10.0 Å². The van der Waals surface area contributed by atoms with E-state index in [9.17, 15) is 8.42 Å². The molecule has 0 aliphatic rings. The highest BCUT2D eigenvalue weighted by Crippen LogP contribution is 2.21. The number of rotatable bonds is 4. The van der Waals surface area contributed by atoms with E-state index in [-0.39, 0.29) is 16.9 Å². The number of ether oxygens (including phenoxy) is 1. The second kappa shape index (κ2) is 4.53. The van der Waals surface area contributed by atoms with Crippen LogP contribution in [0.1, 0.15) is 11.4 Å². The minimum absolute atomic E-state index is 0.0143. The van der Waals surface area contributed by atoms with Crippen molar-refractivity contribution in [3.8, 4) is 6.01 Å². The van der Waals surface area contributed by atoms with Crippen LogP contribution in [0.2, 0.25) is 0 Å². The molecule has 2 heterocycles. The molecular formula is C9H14N6O3S. The topological polar surface area (TPSA) is 115 Å². The van der Waals surface area contributed by atoms with Gasteiger partial charge in [0.2, 0.25) is 5.95 Å². The summed E-state index contributed by atoms with van der Waals surface area (Å²) in [5, 5.41) is 10.1. The molecule has 0 aromatic carbocycles. The molecule has 0 aliphatic heterocycles. The van der Waals surface area contributed by atoms with Gasteiger partial charge in [-0.15, -0.1) is 5.10 Å². The summed E-state index contributed by atoms with van der Waals surface area (Å²) in [4.78, 5) is 3.93. The first-order chi connectivity index (χ1) is 8.85. The van der Waals surface area contributed by atoms with Crippen molar-refractivity contribution in [1.82, 2.24) is 25.0 Å². The van der Waals surface area contributed by atoms with Crippen LogP contribution in [0.5, 0.6) is 6.01 Å². The van der Waals surface area contributed by atoms with E-state index in [2.05, 4.69) is 25.0 Å². The number of methoxy groups -OCH3 is 1. The lowest BCUT2D eigenvalue weighted by molar-refractivity contribution is 0.382. The zero-order chi connectivity index (χ0) is 14.2. The molecule has 2 rings (SSSR count). The van der Waals surface area contributed by atoms with Crippen LogP contribution in [0.3, 0.4) is 0 Å². The van der Waals surface area contributed by atoms with Gasteiger partial charge in [-0.2, -0.15) is 10.1 Å². The van der Waals surface area contributed by atoms with Crippen LogP contribution in [-0.4, -0.2) is 40.5 Å². The molecule has 2 aromatic heterocycles. The molecule has 0 spiro atoms. The van der Waals surface area contributed by atoms with Crippen LogP contribution < -0.4 is 9.46 Å². The monoisotopic (exact) mass is 286 g/mol. The third-order valence-electron chi connectivity index (χ3n) is 2.59. The molecule has 0 saturated carbocycles. The third kappa shape index (κ3) is 2.38. The smallest absolute Gasteiger partial charge is 0.336 e. The van der Waals surface area contributed by atoms with Gasteiger partial charge in [0.1, 0.15) is 4.90 Å². The third-order valence-corrected chi connectivity index (χ3v) is 4.18. The largest absolute Gasteiger partial charge is 0.466 e. The highest BCUT2D eigenvalue weighted by Gasteiger charge is 2.25. The summed E-state index contributed by atoms with van der Waals surface area (Å²) in [6.45, 7) is 3.30. The minimum atomic E-state index is -3.77. The van der Waals surface area contributed by atoms with Crippen molar-refractivity contribution in [1.29, 1.82) is 0 Å². The molecule has 9 nitrogen and oxygen atoms in total. The lowest BCUT2D eigenvalue weighted by Crippen LogP contribution is -2.15. The molecule has 0 bridgehead atoms. The van der Waals surface area contributed by atoms with Gasteiger partial charge in [-0.05, 0) is 13.8 Å². The van der Waals surface area contributed by atoms with E-state index in [1.54, 1.807) is 20.9 Å². The first kappa shape index (κ1) is 13.3. The van der Waals surface area contributed by atoms with E-state index in [1.807, 2.05) is 0 Å². The van der Waals surface area contributed by atoms with E-state index in [1.165, 1.54) is 11.8 Å². The molecule has 0 unspecified atom stereocenters. The van der Waals surface area contributed by atoms with Gasteiger partial charge >= 0.3 is 6.01 Å². The minimum Gasteiger partial charge on any atom is -0.466 e. The average Bonchev–Trinajstić information content (AvgIpc) is 2.84. The summed E-state index contributed by atoms with van der Waals surface area (Å²) in [6.07, 6.45) is 0. The fourth-order valence-electron chi connectivity index (χ4n) is 1.70. The first-order valence-electron chi connectivity index (χ1n) is 5.34. The van der Waals surface area contributed by atoms with Gasteiger partial charge in [-0.25, -0.2) is 18.2 Å². The number of aromatic nitrogens is 5. The van der Waals surface area contributed by atoms with Gasteiger partial charge in [-0.1, -0.05) is 0 Å². The van der Waals surface area contributed by atoms with Crippen LogP contribution in [0.25, 0.3) is 0 Å². The number of nitrogens with zero attached hydrogens (tertiary/aromatic N) is 4. The van der Waals surface area contributed by atoms with Gasteiger partial charge < -0.3 is 4.74 Å². The van der Waals surface area contributed by atoms with Crippen molar-refractivity contribution in [2.24, 2.45) is 7.05 Å². The lowest BCUT2D eigenvalue weighted by atomic mass is 10.4. The van der Waals surface area contributed by atoms with Crippen molar-refractivity contribution in [2.75, 3.05) is 11.8 Å². The highest BCUT2D eigenvalue weighted by molar-refractivity contribution is 7.92. The molecule has 2 N–H and O–H groups in total. The molecule has 0 aliphatic carbocycles. The molecule has 0 saturated heterocycles. The van der Waals surface area contributed by atoms with Crippen molar-refractivity contribution in [3.05, 3.63) is 11.4 Å². The summed E-state index contributed by atoms with van der Waals surface area (Å²) in [5.74, 6) is -0.0143. The van der Waals surface area contributed by atoms with E-state index in [0.29, 0.717) is 11.4 Å². The predicted molar refractivity (Wildman–Crippen MR) is 66.4 cm³/mol. The van der Waals surface area contributed by atoms with Gasteiger partial charge in [0, 0.05) is 7.05 Å². The quantitative estimate of drug-likeness (QED) is 0.815. The highest BCUT2D eigenvalue weighted by atomic mass is 32.2. The Hall–Kier alpha value is -2.10. The normalized spacial score (nSPS) is 11.6. The van der Waals surface area contributed by atoms with Crippen molar-refractivity contribution < 1.29 is 13.2 Å². The van der Waals surface area contributed by atoms with Crippen LogP contribution in [0.4, 0.5) is 5.95 Å². The van der Waals surface area contributed by atoms with Gasteiger partial charge in [0.05, 0.1) is 18.5 Å². The molecule has 0 fully saturated rings. The zero-order valence-corrected chi connectivity index (χ0v) is 11.7. The Morgan fingerprint density at radius 2 is 2.05 bits per heavy atom. The second-order valence-electron chi connectivity index (χ2n) is 3.90. The molecular weight excluding hydrogens is 272 g/mol. The maximum absolute atomic E-state index is 12.3. The molecule has 2 aromatic rings. The van der Waals surface area contributed by atoms with E-state index >= 15 is 0 Å². The maximum Gasteiger partial charge on any atom is 0.336 e. The SMILES string of the molecule is COc1n[nH]c(NS(=O)(=O)c2c(C)nn(C)c2C)n1. The summed E-state index contributed by atoms with van der Waals surface area (Å²) in [6, 6.07) is 0.0531. The molecule has 10 heteroatoms. The summed E-state index contributed by atoms with van der Waals surface area (Å²) < 4.78 is 33.1. The summed E-state index contributed by atoms with van der Waals surface area (Å²) >= 11 is 0. The first-order valence-corrected chi connectivity index (χ1v) is 6.83. The number of anilines is 1. The predicted octanol–water partition coefficient (Wildman–Crippen LogP) is -0.0356. The molecule has 104 valence electrons. The number of H-pyrrole nitrogens is 1. The van der Waals surface area contributed by atoms with Crippen LogP contribution >= 0.6 is 0 Å². The number of sulfonamides is 1. The fraction of sp³-hybridized carbons (Fsp3) is 0.444. The van der Waals surface area contributed by atoms with E-state index in [4.69, 9.17) is 4.74 Å². The van der Waals surface area contributed by atoms with Crippen LogP contribution in [0.15, 0.2) is 4.90 Å². The number of hydrogen-bond donors (Lipinski definition) is 2. The van der Waals surface area contributed by atoms with Crippen LogP contribution in [0, 0.1) is 13.8 Å². The Labute approximate surface area is 110 Å². The number of aromatic amines is 1. The van der Waals surface area contributed by atoms with Crippen molar-refractivity contribution in [3.63, 3.8) is 0 Å². The number of nitrogens with one attached hydrogen (secondary N) is 2.